The van der Waals surface area contributed by atoms with Gasteiger partial charge in [0.05, 0.1) is 11.3 Å². The van der Waals surface area contributed by atoms with Gasteiger partial charge in [0.2, 0.25) is 6.10 Å². The van der Waals surface area contributed by atoms with E-state index in [0.29, 0.717) is 22.0 Å². The number of alkyl halides is 3. The van der Waals surface area contributed by atoms with Gasteiger partial charge < -0.3 is 10.1 Å². The summed E-state index contributed by atoms with van der Waals surface area (Å²) in [4.78, 5) is 12.0. The van der Waals surface area contributed by atoms with Crippen LogP contribution in [0.1, 0.15) is 17.2 Å². The number of halogens is 4. The van der Waals surface area contributed by atoms with Gasteiger partial charge in [0.15, 0.2) is 0 Å². The minimum absolute atomic E-state index is 0.339. The van der Waals surface area contributed by atoms with E-state index in [2.05, 4.69) is 5.32 Å². The first-order chi connectivity index (χ1) is 10.3. The van der Waals surface area contributed by atoms with Crippen molar-refractivity contribution in [1.29, 1.82) is 0 Å². The summed E-state index contributed by atoms with van der Waals surface area (Å²) < 4.78 is 43.2. The van der Waals surface area contributed by atoms with Gasteiger partial charge in [-0.2, -0.15) is 13.2 Å². The van der Waals surface area contributed by atoms with Crippen LogP contribution < -0.4 is 10.1 Å². The van der Waals surface area contributed by atoms with Crippen LogP contribution in [0.4, 0.5) is 18.9 Å². The lowest BCUT2D eigenvalue weighted by Crippen LogP contribution is -2.30. The highest BCUT2D eigenvalue weighted by Gasteiger charge is 2.32. The van der Waals surface area contributed by atoms with Crippen LogP contribution in [-0.4, -0.2) is 5.91 Å². The number of amides is 1. The van der Waals surface area contributed by atoms with Crippen molar-refractivity contribution in [3.63, 3.8) is 0 Å². The Balaban J connectivity index is 1.89. The van der Waals surface area contributed by atoms with Crippen molar-refractivity contribution in [2.45, 2.75) is 12.3 Å². The van der Waals surface area contributed by atoms with E-state index in [1.54, 1.807) is 12.1 Å². The van der Waals surface area contributed by atoms with Crippen LogP contribution in [0.3, 0.4) is 0 Å². The Morgan fingerprint density at radius 3 is 2.41 bits per heavy atom. The zero-order chi connectivity index (χ0) is 15.9. The lowest BCUT2D eigenvalue weighted by Gasteiger charge is -2.26. The molecular weight excluding hydrogens is 319 g/mol. The molecule has 0 aromatic heterocycles. The van der Waals surface area contributed by atoms with Crippen molar-refractivity contribution in [2.24, 2.45) is 0 Å². The lowest BCUT2D eigenvalue weighted by atomic mass is 10.0. The summed E-state index contributed by atoms with van der Waals surface area (Å²) >= 11 is 5.82. The highest BCUT2D eigenvalue weighted by atomic mass is 35.5. The van der Waals surface area contributed by atoms with Gasteiger partial charge in [0, 0.05) is 10.6 Å². The van der Waals surface area contributed by atoms with E-state index in [1.165, 1.54) is 18.2 Å². The summed E-state index contributed by atoms with van der Waals surface area (Å²) in [6.07, 6.45) is -5.42. The molecule has 7 heteroatoms. The molecule has 22 heavy (non-hydrogen) atoms. The Hall–Kier alpha value is -2.21. The Bertz CT molecular complexity index is 729. The van der Waals surface area contributed by atoms with E-state index in [4.69, 9.17) is 16.3 Å². The van der Waals surface area contributed by atoms with Crippen molar-refractivity contribution in [3.05, 3.63) is 58.6 Å². The average molecular weight is 328 g/mol. The van der Waals surface area contributed by atoms with Crippen molar-refractivity contribution in [3.8, 4) is 5.75 Å². The summed E-state index contributed by atoms with van der Waals surface area (Å²) in [6.45, 7) is 0. The molecule has 0 unspecified atom stereocenters. The lowest BCUT2D eigenvalue weighted by molar-refractivity contribution is -0.137. The van der Waals surface area contributed by atoms with Crippen LogP contribution in [0.2, 0.25) is 5.02 Å². The van der Waals surface area contributed by atoms with E-state index < -0.39 is 23.8 Å². The second-order valence-corrected chi connectivity index (χ2v) is 5.18. The van der Waals surface area contributed by atoms with Crippen LogP contribution >= 0.6 is 11.6 Å². The fourth-order valence-electron chi connectivity index (χ4n) is 2.15. The molecule has 2 aromatic carbocycles. The highest BCUT2D eigenvalue weighted by molar-refractivity contribution is 6.31. The number of nitrogens with one attached hydrogen (secondary N) is 1. The van der Waals surface area contributed by atoms with Crippen LogP contribution in [0.25, 0.3) is 0 Å². The zero-order valence-electron chi connectivity index (χ0n) is 10.9. The number of rotatable bonds is 1. The number of carbonyl (C=O) groups is 1. The van der Waals surface area contributed by atoms with E-state index >= 15 is 0 Å². The first-order valence-corrected chi connectivity index (χ1v) is 6.66. The maximum Gasteiger partial charge on any atom is 0.416 e. The quantitative estimate of drug-likeness (QED) is 0.841. The molecule has 1 N–H and O–H groups in total. The number of carbonyl (C=O) groups excluding carboxylic acids is 1. The first kappa shape index (κ1) is 14.7. The molecule has 114 valence electrons. The SMILES string of the molecule is O=C1Nc2cc(Cl)ccc2O[C@@H]1c1ccc(C(F)(F)F)cc1. The summed E-state index contributed by atoms with van der Waals surface area (Å²) in [7, 11) is 0. The second-order valence-electron chi connectivity index (χ2n) is 4.75. The van der Waals surface area contributed by atoms with Crippen LogP contribution in [0.5, 0.6) is 5.75 Å². The third-order valence-corrected chi connectivity index (χ3v) is 3.46. The van der Waals surface area contributed by atoms with Gasteiger partial charge in [-0.15, -0.1) is 0 Å². The Morgan fingerprint density at radius 2 is 1.77 bits per heavy atom. The largest absolute Gasteiger partial charge is 0.474 e. The van der Waals surface area contributed by atoms with Crippen LogP contribution in [0.15, 0.2) is 42.5 Å². The highest BCUT2D eigenvalue weighted by Crippen LogP contribution is 2.37. The predicted molar refractivity (Wildman–Crippen MR) is 74.9 cm³/mol. The fourth-order valence-corrected chi connectivity index (χ4v) is 2.32. The molecule has 0 bridgehead atoms. The van der Waals surface area contributed by atoms with Crippen molar-refractivity contribution in [1.82, 2.24) is 0 Å². The summed E-state index contributed by atoms with van der Waals surface area (Å²) in [6, 6.07) is 9.03. The maximum atomic E-state index is 12.6. The minimum atomic E-state index is -4.42. The van der Waals surface area contributed by atoms with E-state index in [1.807, 2.05) is 0 Å². The number of benzene rings is 2. The van der Waals surface area contributed by atoms with E-state index in [-0.39, 0.29) is 0 Å². The molecule has 1 heterocycles. The molecule has 1 aliphatic heterocycles. The topological polar surface area (TPSA) is 38.3 Å². The number of fused-ring (bicyclic) bond motifs is 1. The van der Waals surface area contributed by atoms with Gasteiger partial charge in [-0.1, -0.05) is 23.7 Å². The molecule has 0 fully saturated rings. The van der Waals surface area contributed by atoms with Gasteiger partial charge in [0.25, 0.3) is 5.91 Å². The zero-order valence-corrected chi connectivity index (χ0v) is 11.7. The molecule has 0 aliphatic carbocycles. The van der Waals surface area contributed by atoms with Crippen LogP contribution in [-0.2, 0) is 11.0 Å². The molecule has 1 aliphatic rings. The smallest absolute Gasteiger partial charge is 0.416 e. The normalized spacial score (nSPS) is 17.5. The van der Waals surface area contributed by atoms with Gasteiger partial charge in [0.1, 0.15) is 5.75 Å². The molecule has 1 amide bonds. The number of ether oxygens (including phenoxy) is 1. The maximum absolute atomic E-state index is 12.6. The number of anilines is 1. The van der Waals surface area contributed by atoms with E-state index in [0.717, 1.165) is 12.1 Å². The van der Waals surface area contributed by atoms with Gasteiger partial charge in [-0.3, -0.25) is 4.79 Å². The minimum Gasteiger partial charge on any atom is -0.474 e. The molecule has 0 saturated heterocycles. The standard InChI is InChI=1S/C15H9ClF3NO2/c16-10-5-6-12-11(7-10)20-14(21)13(22-12)8-1-3-9(4-2-8)15(17,18)19/h1-7,13H,(H,20,21)/t13-/m1/s1. The van der Waals surface area contributed by atoms with Crippen molar-refractivity contribution < 1.29 is 22.7 Å². The summed E-state index contributed by atoms with van der Waals surface area (Å²) in [5, 5.41) is 3.06. The first-order valence-electron chi connectivity index (χ1n) is 6.29. The van der Waals surface area contributed by atoms with Crippen molar-refractivity contribution >= 4 is 23.2 Å². The van der Waals surface area contributed by atoms with Gasteiger partial charge in [-0.05, 0) is 30.3 Å². The molecule has 2 aromatic rings. The molecule has 0 spiro atoms. The molecule has 0 radical (unpaired) electrons. The number of hydrogen-bond donors (Lipinski definition) is 1. The average Bonchev–Trinajstić information content (AvgIpc) is 2.45. The third-order valence-electron chi connectivity index (χ3n) is 3.22. The Kier molecular flexibility index (Phi) is 3.48. The van der Waals surface area contributed by atoms with Crippen molar-refractivity contribution in [2.75, 3.05) is 5.32 Å². The summed E-state index contributed by atoms with van der Waals surface area (Å²) in [5.41, 5.74) is -0.00795. The molecule has 3 rings (SSSR count). The van der Waals surface area contributed by atoms with E-state index in [9.17, 15) is 18.0 Å². The third kappa shape index (κ3) is 2.74. The Morgan fingerprint density at radius 1 is 1.09 bits per heavy atom. The van der Waals surface area contributed by atoms with Crippen LogP contribution in [0, 0.1) is 0 Å². The molecular formula is C15H9ClF3NO2. The Labute approximate surface area is 128 Å². The van der Waals surface area contributed by atoms with Gasteiger partial charge in [-0.25, -0.2) is 0 Å². The molecule has 3 nitrogen and oxygen atoms in total. The molecule has 0 saturated carbocycles. The number of hydrogen-bond acceptors (Lipinski definition) is 2. The second kappa shape index (κ2) is 5.21. The van der Waals surface area contributed by atoms with Gasteiger partial charge >= 0.3 is 6.18 Å². The molecule has 1 atom stereocenters. The predicted octanol–water partition coefficient (Wildman–Crippen LogP) is 4.43. The summed E-state index contributed by atoms with van der Waals surface area (Å²) in [5.74, 6) is -0.0524. The monoisotopic (exact) mass is 327 g/mol. The fraction of sp³-hybridized carbons (Fsp3) is 0.133.